The average molecular weight is 324 g/mol. The number of aryl methyl sites for hydroxylation is 1. The molecule has 0 bridgehead atoms. The summed E-state index contributed by atoms with van der Waals surface area (Å²) >= 11 is 0. The van der Waals surface area contributed by atoms with Crippen LogP contribution in [0.3, 0.4) is 0 Å². The smallest absolute Gasteiger partial charge is 0.208 e. The third-order valence-corrected chi connectivity index (χ3v) is 6.23. The summed E-state index contributed by atoms with van der Waals surface area (Å²) in [6.07, 6.45) is 9.22. The molecule has 1 unspecified atom stereocenters. The van der Waals surface area contributed by atoms with Gasteiger partial charge in [0.2, 0.25) is 10.0 Å². The topological polar surface area (TPSA) is 46.2 Å². The highest BCUT2D eigenvalue weighted by Gasteiger charge is 2.27. The predicted octanol–water partition coefficient (Wildman–Crippen LogP) is 4.41. The van der Waals surface area contributed by atoms with Crippen molar-refractivity contribution in [2.24, 2.45) is 5.92 Å². The fourth-order valence-corrected chi connectivity index (χ4v) is 4.68. The van der Waals surface area contributed by atoms with Gasteiger partial charge in [-0.05, 0) is 44.2 Å². The highest BCUT2D eigenvalue weighted by molar-refractivity contribution is 7.89. The molecule has 0 heterocycles. The van der Waals surface area contributed by atoms with Crippen molar-refractivity contribution in [1.29, 1.82) is 0 Å². The van der Waals surface area contributed by atoms with Crippen LogP contribution in [0.1, 0.15) is 63.9 Å². The molecule has 0 spiro atoms. The van der Waals surface area contributed by atoms with E-state index in [4.69, 9.17) is 0 Å². The molecular formula is C18H29NO2S. The van der Waals surface area contributed by atoms with Crippen molar-refractivity contribution >= 4 is 10.0 Å². The van der Waals surface area contributed by atoms with Gasteiger partial charge in [0.05, 0.1) is 4.90 Å². The lowest BCUT2D eigenvalue weighted by molar-refractivity contribution is 0.276. The molecule has 2 rings (SSSR count). The van der Waals surface area contributed by atoms with Crippen LogP contribution >= 0.6 is 0 Å². The van der Waals surface area contributed by atoms with E-state index in [1.54, 1.807) is 12.1 Å². The van der Waals surface area contributed by atoms with E-state index in [2.05, 4.69) is 11.6 Å². The van der Waals surface area contributed by atoms with E-state index >= 15 is 0 Å². The molecular weight excluding hydrogens is 294 g/mol. The summed E-state index contributed by atoms with van der Waals surface area (Å²) in [5, 5.41) is 0. The molecule has 22 heavy (non-hydrogen) atoms. The maximum atomic E-state index is 12.6. The molecule has 0 amide bonds. The molecule has 1 aromatic rings. The van der Waals surface area contributed by atoms with Crippen LogP contribution in [0.25, 0.3) is 0 Å². The maximum Gasteiger partial charge on any atom is 0.240 e. The molecule has 0 saturated heterocycles. The van der Waals surface area contributed by atoms with Crippen molar-refractivity contribution in [1.82, 2.24) is 4.72 Å². The molecule has 1 aromatic carbocycles. The van der Waals surface area contributed by atoms with Gasteiger partial charge in [0, 0.05) is 6.04 Å². The quantitative estimate of drug-likeness (QED) is 0.807. The number of benzene rings is 1. The number of rotatable bonds is 7. The molecule has 1 atom stereocenters. The molecule has 124 valence electrons. The molecule has 1 fully saturated rings. The summed E-state index contributed by atoms with van der Waals surface area (Å²) in [6.45, 7) is 4.13. The highest BCUT2D eigenvalue weighted by Crippen LogP contribution is 2.29. The van der Waals surface area contributed by atoms with Gasteiger partial charge in [-0.2, -0.15) is 0 Å². The second-order valence-corrected chi connectivity index (χ2v) is 8.30. The normalized spacial score (nSPS) is 18.3. The van der Waals surface area contributed by atoms with Crippen LogP contribution in [0.2, 0.25) is 0 Å². The number of unbranched alkanes of at least 4 members (excludes halogenated alkanes) is 1. The van der Waals surface area contributed by atoms with E-state index in [-0.39, 0.29) is 6.04 Å². The minimum atomic E-state index is -3.41. The van der Waals surface area contributed by atoms with Crippen LogP contribution < -0.4 is 4.72 Å². The largest absolute Gasteiger partial charge is 0.240 e. The third kappa shape index (κ3) is 4.82. The minimum absolute atomic E-state index is 0.0894. The molecule has 0 aromatic heterocycles. The minimum Gasteiger partial charge on any atom is -0.208 e. The van der Waals surface area contributed by atoms with Gasteiger partial charge in [-0.1, -0.05) is 56.7 Å². The molecule has 1 saturated carbocycles. The summed E-state index contributed by atoms with van der Waals surface area (Å²) < 4.78 is 28.3. The van der Waals surface area contributed by atoms with Gasteiger partial charge in [0.25, 0.3) is 0 Å². The maximum absolute atomic E-state index is 12.6. The van der Waals surface area contributed by atoms with Crippen molar-refractivity contribution in [3.63, 3.8) is 0 Å². The van der Waals surface area contributed by atoms with Crippen molar-refractivity contribution in [2.45, 2.75) is 76.2 Å². The molecule has 1 aliphatic carbocycles. The van der Waals surface area contributed by atoms with Crippen LogP contribution in [-0.4, -0.2) is 14.5 Å². The second-order valence-electron chi connectivity index (χ2n) is 6.58. The number of hydrogen-bond acceptors (Lipinski definition) is 2. The second kappa shape index (κ2) is 8.11. The summed E-state index contributed by atoms with van der Waals surface area (Å²) in [4.78, 5) is 0.385. The molecule has 4 heteroatoms. The summed E-state index contributed by atoms with van der Waals surface area (Å²) in [7, 11) is -3.41. The predicted molar refractivity (Wildman–Crippen MR) is 91.4 cm³/mol. The standard InChI is InChI=1S/C18H29NO2S/c1-3-4-10-18(16-8-6-5-7-9-16)19-22(20,21)17-13-11-15(2)12-14-17/h11-14,16,18-19H,3-10H2,1-2H3. The SMILES string of the molecule is CCCCC(NS(=O)(=O)c1ccc(C)cc1)C1CCCCC1. The number of hydrogen-bond donors (Lipinski definition) is 1. The molecule has 1 N–H and O–H groups in total. The Morgan fingerprint density at radius 1 is 1.14 bits per heavy atom. The molecule has 0 radical (unpaired) electrons. The van der Waals surface area contributed by atoms with Crippen molar-refractivity contribution < 1.29 is 8.42 Å². The van der Waals surface area contributed by atoms with Crippen molar-refractivity contribution in [3.05, 3.63) is 29.8 Å². The zero-order valence-electron chi connectivity index (χ0n) is 13.8. The van der Waals surface area contributed by atoms with Gasteiger partial charge in [-0.15, -0.1) is 0 Å². The zero-order chi connectivity index (χ0) is 16.0. The van der Waals surface area contributed by atoms with E-state index in [0.29, 0.717) is 10.8 Å². The Morgan fingerprint density at radius 3 is 2.36 bits per heavy atom. The van der Waals surface area contributed by atoms with Crippen LogP contribution in [0, 0.1) is 12.8 Å². The first kappa shape index (κ1) is 17.5. The van der Waals surface area contributed by atoms with Gasteiger partial charge in [0.15, 0.2) is 0 Å². The van der Waals surface area contributed by atoms with E-state index in [1.165, 1.54) is 19.3 Å². The Kier molecular flexibility index (Phi) is 6.45. The van der Waals surface area contributed by atoms with E-state index in [0.717, 1.165) is 37.7 Å². The first-order valence-corrected chi connectivity index (χ1v) is 10.1. The fraction of sp³-hybridized carbons (Fsp3) is 0.667. The first-order chi connectivity index (χ1) is 10.5. The zero-order valence-corrected chi connectivity index (χ0v) is 14.7. The van der Waals surface area contributed by atoms with Crippen molar-refractivity contribution in [3.8, 4) is 0 Å². The number of nitrogens with one attached hydrogen (secondary N) is 1. The van der Waals surface area contributed by atoms with Crippen LogP contribution in [0.15, 0.2) is 29.2 Å². The van der Waals surface area contributed by atoms with Gasteiger partial charge in [-0.25, -0.2) is 13.1 Å². The van der Waals surface area contributed by atoms with E-state index < -0.39 is 10.0 Å². The van der Waals surface area contributed by atoms with Gasteiger partial charge < -0.3 is 0 Å². The Morgan fingerprint density at radius 2 is 1.77 bits per heavy atom. The van der Waals surface area contributed by atoms with Gasteiger partial charge in [0.1, 0.15) is 0 Å². The lowest BCUT2D eigenvalue weighted by Crippen LogP contribution is -2.41. The van der Waals surface area contributed by atoms with Crippen LogP contribution in [-0.2, 0) is 10.0 Å². The highest BCUT2D eigenvalue weighted by atomic mass is 32.2. The average Bonchev–Trinajstić information content (AvgIpc) is 2.52. The van der Waals surface area contributed by atoms with E-state index in [1.807, 2.05) is 19.1 Å². The fourth-order valence-electron chi connectivity index (χ4n) is 3.34. The van der Waals surface area contributed by atoms with Crippen LogP contribution in [0.4, 0.5) is 0 Å². The summed E-state index contributed by atoms with van der Waals surface area (Å²) in [5.41, 5.74) is 1.08. The first-order valence-electron chi connectivity index (χ1n) is 8.62. The van der Waals surface area contributed by atoms with E-state index in [9.17, 15) is 8.42 Å². The monoisotopic (exact) mass is 323 g/mol. The summed E-state index contributed by atoms with van der Waals surface area (Å²) in [6, 6.07) is 7.21. The Balaban J connectivity index is 2.11. The third-order valence-electron chi connectivity index (χ3n) is 4.73. The van der Waals surface area contributed by atoms with Crippen LogP contribution in [0.5, 0.6) is 0 Å². The van der Waals surface area contributed by atoms with Gasteiger partial charge >= 0.3 is 0 Å². The molecule has 1 aliphatic rings. The number of sulfonamides is 1. The lowest BCUT2D eigenvalue weighted by Gasteiger charge is -2.31. The molecule has 0 aliphatic heterocycles. The Hall–Kier alpha value is -0.870. The Labute approximate surface area is 135 Å². The van der Waals surface area contributed by atoms with Gasteiger partial charge in [-0.3, -0.25) is 0 Å². The summed E-state index contributed by atoms with van der Waals surface area (Å²) in [5.74, 6) is 0.500. The van der Waals surface area contributed by atoms with Crippen molar-refractivity contribution in [2.75, 3.05) is 0 Å². The lowest BCUT2D eigenvalue weighted by atomic mass is 9.82. The molecule has 3 nitrogen and oxygen atoms in total. The Bertz CT molecular complexity index is 545.